The highest BCUT2D eigenvalue weighted by Crippen LogP contribution is 2.58. The van der Waals surface area contributed by atoms with Gasteiger partial charge in [-0.3, -0.25) is 4.79 Å². The Hall–Kier alpha value is -1.90. The van der Waals surface area contributed by atoms with Gasteiger partial charge in [0.25, 0.3) is 5.91 Å². The number of hydrogen-bond acceptors (Lipinski definition) is 3. The highest BCUT2D eigenvalue weighted by molar-refractivity contribution is 7.77. The standard InChI is InChI=1S/C23H29ClNO3P/c1-5-29(6-2,16-22(27)28-14-19-10-8-7-9-11-19)15-21(26)25-23-17(3)12-20(24)13-18(23)4/h7-13H,5-6,14-16H2,1-4H3/p+1. The average Bonchev–Trinajstić information content (AvgIpc) is 2.69. The highest BCUT2D eigenvalue weighted by Gasteiger charge is 2.39. The van der Waals surface area contributed by atoms with Gasteiger partial charge >= 0.3 is 5.97 Å². The molecule has 0 aromatic heterocycles. The minimum absolute atomic E-state index is 0.0496. The summed E-state index contributed by atoms with van der Waals surface area (Å²) in [6.07, 6.45) is 2.37. The van der Waals surface area contributed by atoms with E-state index in [2.05, 4.69) is 19.2 Å². The van der Waals surface area contributed by atoms with E-state index in [1.54, 1.807) is 0 Å². The van der Waals surface area contributed by atoms with Crippen LogP contribution in [0, 0.1) is 13.8 Å². The summed E-state index contributed by atoms with van der Waals surface area (Å²) in [5, 5.41) is 3.69. The van der Waals surface area contributed by atoms with E-state index in [9.17, 15) is 9.59 Å². The van der Waals surface area contributed by atoms with Crippen LogP contribution in [0.25, 0.3) is 0 Å². The van der Waals surface area contributed by atoms with Crippen LogP contribution in [-0.4, -0.2) is 36.5 Å². The lowest BCUT2D eigenvalue weighted by Gasteiger charge is -2.24. The molecule has 1 N–H and O–H groups in total. The van der Waals surface area contributed by atoms with Gasteiger partial charge in [-0.2, -0.15) is 0 Å². The summed E-state index contributed by atoms with van der Waals surface area (Å²) in [6.45, 7) is 8.25. The number of hydrogen-bond donors (Lipinski definition) is 1. The van der Waals surface area contributed by atoms with Crippen molar-refractivity contribution in [1.29, 1.82) is 0 Å². The molecular formula is C23H30ClNO3P+. The molecule has 0 saturated heterocycles. The maximum Gasteiger partial charge on any atom is 0.344 e. The molecule has 0 unspecified atom stereocenters. The maximum atomic E-state index is 12.8. The molecule has 0 atom stereocenters. The van der Waals surface area contributed by atoms with Gasteiger partial charge < -0.3 is 10.1 Å². The number of amides is 1. The molecule has 1 amide bonds. The number of ether oxygens (including phenoxy) is 1. The van der Waals surface area contributed by atoms with Crippen LogP contribution in [0.5, 0.6) is 0 Å². The zero-order chi connectivity index (χ0) is 21.4. The first-order valence-corrected chi connectivity index (χ1v) is 12.8. The highest BCUT2D eigenvalue weighted by atomic mass is 35.5. The van der Waals surface area contributed by atoms with Gasteiger partial charge in [0, 0.05) is 18.0 Å². The Kier molecular flexibility index (Phi) is 8.67. The van der Waals surface area contributed by atoms with E-state index < -0.39 is 7.26 Å². The first-order valence-electron chi connectivity index (χ1n) is 9.90. The Morgan fingerprint density at radius 3 is 2.14 bits per heavy atom. The zero-order valence-electron chi connectivity index (χ0n) is 17.6. The lowest BCUT2D eigenvalue weighted by molar-refractivity contribution is -0.141. The predicted molar refractivity (Wildman–Crippen MR) is 124 cm³/mol. The lowest BCUT2D eigenvalue weighted by atomic mass is 10.1. The average molecular weight is 435 g/mol. The normalized spacial score (nSPS) is 11.2. The van der Waals surface area contributed by atoms with Crippen LogP contribution in [0.15, 0.2) is 42.5 Å². The molecular weight excluding hydrogens is 405 g/mol. The summed E-state index contributed by atoms with van der Waals surface area (Å²) >= 11 is 6.08. The third kappa shape index (κ3) is 6.83. The molecule has 0 bridgehead atoms. The van der Waals surface area contributed by atoms with Crippen LogP contribution < -0.4 is 5.32 Å². The number of anilines is 1. The van der Waals surface area contributed by atoms with Gasteiger partial charge in [-0.1, -0.05) is 41.9 Å². The smallest absolute Gasteiger partial charge is 0.344 e. The monoisotopic (exact) mass is 434 g/mol. The Morgan fingerprint density at radius 1 is 1.00 bits per heavy atom. The fraction of sp³-hybridized carbons (Fsp3) is 0.391. The molecule has 0 aliphatic carbocycles. The third-order valence-electron chi connectivity index (χ3n) is 5.29. The number of rotatable bonds is 9. The first kappa shape index (κ1) is 23.4. The molecule has 2 aromatic carbocycles. The van der Waals surface area contributed by atoms with Crippen molar-refractivity contribution in [1.82, 2.24) is 0 Å². The number of halogens is 1. The Bertz CT molecular complexity index is 827. The summed E-state index contributed by atoms with van der Waals surface area (Å²) in [5.74, 6) is -0.274. The lowest BCUT2D eigenvalue weighted by Crippen LogP contribution is -2.26. The Morgan fingerprint density at radius 2 is 1.59 bits per heavy atom. The molecule has 0 fully saturated rings. The fourth-order valence-corrected chi connectivity index (χ4v) is 6.48. The van der Waals surface area contributed by atoms with E-state index in [0.717, 1.165) is 34.7 Å². The van der Waals surface area contributed by atoms with Crippen LogP contribution in [-0.2, 0) is 20.9 Å². The third-order valence-corrected chi connectivity index (χ3v) is 10.1. The SMILES string of the molecule is CC[P+](CC)(CC(=O)Nc1c(C)cc(Cl)cc1C)CC(=O)OCc1ccccc1. The minimum atomic E-state index is -1.78. The molecule has 6 heteroatoms. The van der Waals surface area contributed by atoms with Crippen molar-refractivity contribution in [2.24, 2.45) is 0 Å². The Balaban J connectivity index is 2.01. The predicted octanol–water partition coefficient (Wildman–Crippen LogP) is 5.70. The van der Waals surface area contributed by atoms with Crippen molar-refractivity contribution in [2.45, 2.75) is 34.3 Å². The minimum Gasteiger partial charge on any atom is -0.458 e. The number of aryl methyl sites for hydroxylation is 2. The molecule has 0 aliphatic heterocycles. The van der Waals surface area contributed by atoms with Crippen molar-refractivity contribution in [3.63, 3.8) is 0 Å². The van der Waals surface area contributed by atoms with Gasteiger partial charge in [0.05, 0.1) is 12.3 Å². The number of carbonyl (C=O) groups is 2. The van der Waals surface area contributed by atoms with Crippen LogP contribution in [0.1, 0.15) is 30.5 Å². The number of esters is 1. The molecule has 0 spiro atoms. The quantitative estimate of drug-likeness (QED) is 0.407. The summed E-state index contributed by atoms with van der Waals surface area (Å²) in [6, 6.07) is 13.3. The molecule has 0 heterocycles. The van der Waals surface area contributed by atoms with Gasteiger partial charge in [-0.05, 0) is 56.5 Å². The Labute approximate surface area is 179 Å². The molecule has 4 nitrogen and oxygen atoms in total. The molecule has 0 saturated carbocycles. The molecule has 0 radical (unpaired) electrons. The van der Waals surface area contributed by atoms with Crippen LogP contribution in [0.4, 0.5) is 5.69 Å². The van der Waals surface area contributed by atoms with Crippen molar-refractivity contribution in [3.8, 4) is 0 Å². The molecule has 0 aliphatic rings. The molecule has 2 rings (SSSR count). The zero-order valence-corrected chi connectivity index (χ0v) is 19.3. The van der Waals surface area contributed by atoms with Crippen molar-refractivity contribution < 1.29 is 14.3 Å². The van der Waals surface area contributed by atoms with E-state index in [4.69, 9.17) is 16.3 Å². The molecule has 2 aromatic rings. The first-order chi connectivity index (χ1) is 13.8. The second-order valence-electron chi connectivity index (χ2n) is 7.40. The number of nitrogens with one attached hydrogen (secondary N) is 1. The molecule has 29 heavy (non-hydrogen) atoms. The van der Waals surface area contributed by atoms with E-state index in [-0.39, 0.29) is 18.5 Å². The van der Waals surface area contributed by atoms with Gasteiger partial charge in [0.15, 0.2) is 6.16 Å². The largest absolute Gasteiger partial charge is 0.458 e. The van der Waals surface area contributed by atoms with Crippen molar-refractivity contribution >= 4 is 36.4 Å². The summed E-state index contributed by atoms with van der Waals surface area (Å²) in [5.41, 5.74) is 3.63. The van der Waals surface area contributed by atoms with Gasteiger partial charge in [0.2, 0.25) is 0 Å². The number of benzene rings is 2. The maximum absolute atomic E-state index is 12.8. The van der Waals surface area contributed by atoms with Crippen LogP contribution in [0.2, 0.25) is 5.02 Å². The van der Waals surface area contributed by atoms with Gasteiger partial charge in [-0.25, -0.2) is 4.79 Å². The van der Waals surface area contributed by atoms with Gasteiger partial charge in [-0.15, -0.1) is 0 Å². The van der Waals surface area contributed by atoms with Crippen molar-refractivity contribution in [3.05, 3.63) is 64.2 Å². The summed E-state index contributed by atoms with van der Waals surface area (Å²) in [7, 11) is -1.78. The summed E-state index contributed by atoms with van der Waals surface area (Å²) in [4.78, 5) is 25.3. The summed E-state index contributed by atoms with van der Waals surface area (Å²) < 4.78 is 5.48. The van der Waals surface area contributed by atoms with E-state index in [1.807, 2.05) is 56.3 Å². The fourth-order valence-electron chi connectivity index (χ4n) is 3.38. The van der Waals surface area contributed by atoms with E-state index in [1.165, 1.54) is 0 Å². The van der Waals surface area contributed by atoms with Crippen LogP contribution in [0.3, 0.4) is 0 Å². The van der Waals surface area contributed by atoms with Gasteiger partial charge in [0.1, 0.15) is 12.8 Å². The van der Waals surface area contributed by atoms with Crippen LogP contribution >= 0.6 is 18.9 Å². The van der Waals surface area contributed by atoms with E-state index in [0.29, 0.717) is 17.3 Å². The molecule has 156 valence electrons. The van der Waals surface area contributed by atoms with E-state index >= 15 is 0 Å². The second-order valence-corrected chi connectivity index (χ2v) is 12.4. The topological polar surface area (TPSA) is 55.4 Å². The van der Waals surface area contributed by atoms with Crippen molar-refractivity contribution in [2.75, 3.05) is 30.0 Å². The second kappa shape index (κ2) is 10.8. The number of carbonyl (C=O) groups excluding carboxylic acids is 2.